The number of benzene rings is 2. The van der Waals surface area contributed by atoms with E-state index in [-0.39, 0.29) is 19.4 Å². The lowest BCUT2D eigenvalue weighted by atomic mass is 9.95. The van der Waals surface area contributed by atoms with Gasteiger partial charge in [-0.15, -0.1) is 0 Å². The topological polar surface area (TPSA) is 89.1 Å². The number of nitrogens with one attached hydrogen (secondary N) is 2. The molecular weight excluding hydrogens is 386 g/mol. The van der Waals surface area contributed by atoms with Crippen molar-refractivity contribution in [3.63, 3.8) is 0 Å². The third-order valence-electron chi connectivity index (χ3n) is 5.04. The van der Waals surface area contributed by atoms with Crippen LogP contribution in [0.5, 0.6) is 11.5 Å². The van der Waals surface area contributed by atoms with E-state index in [1.807, 2.05) is 49.3 Å². The van der Waals surface area contributed by atoms with Crippen LogP contribution < -0.4 is 25.0 Å². The Morgan fingerprint density at radius 2 is 1.87 bits per heavy atom. The van der Waals surface area contributed by atoms with Gasteiger partial charge in [-0.25, -0.2) is 9.59 Å². The largest absolute Gasteiger partial charge is 0.457 e. The van der Waals surface area contributed by atoms with Crippen molar-refractivity contribution in [2.24, 2.45) is 0 Å². The number of fused-ring (bicyclic) bond motifs is 1. The maximum absolute atomic E-state index is 12.9. The summed E-state index contributed by atoms with van der Waals surface area (Å²) in [5, 5.41) is 5.47. The Morgan fingerprint density at radius 3 is 2.60 bits per heavy atom. The first kappa shape index (κ1) is 19.6. The SMILES string of the molecule is CC1=C(C(=O)OCc2ccc3c(c2)OCO3)C(c2ccc(N(C)C)cc2)NC(=O)N1. The zero-order valence-electron chi connectivity index (χ0n) is 17.0. The number of amides is 2. The molecule has 2 heterocycles. The molecule has 2 aromatic carbocycles. The molecule has 0 radical (unpaired) electrons. The van der Waals surface area contributed by atoms with Gasteiger partial charge in [-0.2, -0.15) is 0 Å². The van der Waals surface area contributed by atoms with Crippen LogP contribution in [0.15, 0.2) is 53.7 Å². The average Bonchev–Trinajstić information content (AvgIpc) is 3.19. The second-order valence-electron chi connectivity index (χ2n) is 7.32. The predicted molar refractivity (Wildman–Crippen MR) is 110 cm³/mol. The third kappa shape index (κ3) is 3.89. The van der Waals surface area contributed by atoms with E-state index in [9.17, 15) is 9.59 Å². The van der Waals surface area contributed by atoms with E-state index in [1.54, 1.807) is 19.1 Å². The van der Waals surface area contributed by atoms with Gasteiger partial charge in [0.15, 0.2) is 11.5 Å². The number of nitrogens with zero attached hydrogens (tertiary/aromatic N) is 1. The van der Waals surface area contributed by atoms with E-state index < -0.39 is 12.0 Å². The fourth-order valence-corrected chi connectivity index (χ4v) is 3.44. The number of allylic oxidation sites excluding steroid dienone is 1. The van der Waals surface area contributed by atoms with Crippen LogP contribution in [0.1, 0.15) is 24.1 Å². The highest BCUT2D eigenvalue weighted by Crippen LogP contribution is 2.33. The summed E-state index contributed by atoms with van der Waals surface area (Å²) in [6.07, 6.45) is 0. The van der Waals surface area contributed by atoms with Crippen molar-refractivity contribution in [2.75, 3.05) is 25.8 Å². The van der Waals surface area contributed by atoms with Crippen LogP contribution in [-0.4, -0.2) is 32.9 Å². The van der Waals surface area contributed by atoms with E-state index >= 15 is 0 Å². The lowest BCUT2D eigenvalue weighted by Gasteiger charge is -2.28. The first-order valence-corrected chi connectivity index (χ1v) is 9.53. The van der Waals surface area contributed by atoms with Gasteiger partial charge in [0.25, 0.3) is 0 Å². The lowest BCUT2D eigenvalue weighted by molar-refractivity contribution is -0.140. The molecule has 30 heavy (non-hydrogen) atoms. The van der Waals surface area contributed by atoms with Crippen LogP contribution in [-0.2, 0) is 16.1 Å². The van der Waals surface area contributed by atoms with Crippen molar-refractivity contribution in [1.82, 2.24) is 10.6 Å². The highest BCUT2D eigenvalue weighted by Gasteiger charge is 2.32. The number of hydrogen-bond donors (Lipinski definition) is 2. The lowest BCUT2D eigenvalue weighted by Crippen LogP contribution is -2.45. The van der Waals surface area contributed by atoms with Crippen molar-refractivity contribution >= 4 is 17.7 Å². The molecule has 1 unspecified atom stereocenters. The Morgan fingerprint density at radius 1 is 1.13 bits per heavy atom. The average molecular weight is 409 g/mol. The number of urea groups is 1. The molecule has 1 atom stereocenters. The summed E-state index contributed by atoms with van der Waals surface area (Å²) < 4.78 is 16.2. The smallest absolute Gasteiger partial charge is 0.338 e. The molecule has 2 aromatic rings. The molecule has 0 saturated heterocycles. The second kappa shape index (κ2) is 7.98. The minimum Gasteiger partial charge on any atom is -0.457 e. The summed E-state index contributed by atoms with van der Waals surface area (Å²) in [5.74, 6) is 0.799. The fourth-order valence-electron chi connectivity index (χ4n) is 3.44. The van der Waals surface area contributed by atoms with Gasteiger partial charge in [0.1, 0.15) is 6.61 Å². The molecule has 0 aromatic heterocycles. The molecule has 8 nitrogen and oxygen atoms in total. The third-order valence-corrected chi connectivity index (χ3v) is 5.04. The summed E-state index contributed by atoms with van der Waals surface area (Å²) in [7, 11) is 3.90. The van der Waals surface area contributed by atoms with E-state index in [1.165, 1.54) is 0 Å². The molecule has 0 saturated carbocycles. The van der Waals surface area contributed by atoms with Gasteiger partial charge in [0, 0.05) is 25.5 Å². The standard InChI is InChI=1S/C22H23N3O5/c1-13-19(21(26)28-11-14-4-9-17-18(10-14)30-12-29-17)20(24-22(27)23-13)15-5-7-16(8-6-15)25(2)3/h4-10,20H,11-12H2,1-3H3,(H2,23,24,27). The monoisotopic (exact) mass is 409 g/mol. The first-order chi connectivity index (χ1) is 14.4. The summed E-state index contributed by atoms with van der Waals surface area (Å²) in [6, 6.07) is 12.1. The van der Waals surface area contributed by atoms with Crippen molar-refractivity contribution in [2.45, 2.75) is 19.6 Å². The Kier molecular flexibility index (Phi) is 5.22. The number of hydrogen-bond acceptors (Lipinski definition) is 6. The quantitative estimate of drug-likeness (QED) is 0.739. The molecule has 0 fully saturated rings. The van der Waals surface area contributed by atoms with Gasteiger partial charge in [0.05, 0.1) is 11.6 Å². The van der Waals surface area contributed by atoms with Crippen molar-refractivity contribution in [1.29, 1.82) is 0 Å². The van der Waals surface area contributed by atoms with Crippen LogP contribution in [0.4, 0.5) is 10.5 Å². The van der Waals surface area contributed by atoms with Crippen LogP contribution in [0.2, 0.25) is 0 Å². The predicted octanol–water partition coefficient (Wildman–Crippen LogP) is 2.85. The van der Waals surface area contributed by atoms with Crippen LogP contribution >= 0.6 is 0 Å². The van der Waals surface area contributed by atoms with Gasteiger partial charge in [-0.1, -0.05) is 18.2 Å². The van der Waals surface area contributed by atoms with Gasteiger partial charge < -0.3 is 29.7 Å². The molecule has 4 rings (SSSR count). The zero-order valence-corrected chi connectivity index (χ0v) is 17.0. The summed E-state index contributed by atoms with van der Waals surface area (Å²) in [4.78, 5) is 27.0. The number of carbonyl (C=O) groups is 2. The summed E-state index contributed by atoms with van der Waals surface area (Å²) >= 11 is 0. The highest BCUT2D eigenvalue weighted by molar-refractivity contribution is 5.95. The maximum atomic E-state index is 12.9. The van der Waals surface area contributed by atoms with Crippen molar-refractivity contribution < 1.29 is 23.8 Å². The number of ether oxygens (including phenoxy) is 3. The molecular formula is C22H23N3O5. The van der Waals surface area contributed by atoms with Gasteiger partial charge in [-0.05, 0) is 42.3 Å². The molecule has 2 aliphatic rings. The molecule has 0 aliphatic carbocycles. The minimum absolute atomic E-state index is 0.0759. The van der Waals surface area contributed by atoms with Crippen LogP contribution in [0, 0.1) is 0 Å². The van der Waals surface area contributed by atoms with Crippen molar-refractivity contribution in [3.8, 4) is 11.5 Å². The molecule has 8 heteroatoms. The number of rotatable bonds is 5. The van der Waals surface area contributed by atoms with E-state index in [0.717, 1.165) is 16.8 Å². The maximum Gasteiger partial charge on any atom is 0.338 e. The number of esters is 1. The first-order valence-electron chi connectivity index (χ1n) is 9.53. The minimum atomic E-state index is -0.598. The van der Waals surface area contributed by atoms with Crippen molar-refractivity contribution in [3.05, 3.63) is 64.9 Å². The van der Waals surface area contributed by atoms with E-state index in [2.05, 4.69) is 10.6 Å². The molecule has 2 aliphatic heterocycles. The Hall–Kier alpha value is -3.68. The molecule has 156 valence electrons. The fraction of sp³-hybridized carbons (Fsp3) is 0.273. The number of anilines is 1. The Balaban J connectivity index is 1.53. The number of carbonyl (C=O) groups excluding carboxylic acids is 2. The normalized spacial score (nSPS) is 17.3. The molecule has 2 N–H and O–H groups in total. The van der Waals surface area contributed by atoms with E-state index in [0.29, 0.717) is 22.8 Å². The molecule has 2 amide bonds. The van der Waals surface area contributed by atoms with Crippen LogP contribution in [0.25, 0.3) is 0 Å². The Bertz CT molecular complexity index is 1010. The second-order valence-corrected chi connectivity index (χ2v) is 7.32. The summed E-state index contributed by atoms with van der Waals surface area (Å²) in [5.41, 5.74) is 3.44. The van der Waals surface area contributed by atoms with Gasteiger partial charge >= 0.3 is 12.0 Å². The van der Waals surface area contributed by atoms with Gasteiger partial charge in [0.2, 0.25) is 6.79 Å². The van der Waals surface area contributed by atoms with Crippen LogP contribution in [0.3, 0.4) is 0 Å². The Labute approximate surface area is 174 Å². The molecule has 0 spiro atoms. The highest BCUT2D eigenvalue weighted by atomic mass is 16.7. The van der Waals surface area contributed by atoms with E-state index in [4.69, 9.17) is 14.2 Å². The van der Waals surface area contributed by atoms with Gasteiger partial charge in [-0.3, -0.25) is 0 Å². The zero-order chi connectivity index (χ0) is 21.3. The summed E-state index contributed by atoms with van der Waals surface area (Å²) in [6.45, 7) is 1.95. The molecule has 0 bridgehead atoms.